The first-order valence-electron chi connectivity index (χ1n) is 5.94. The zero-order valence-corrected chi connectivity index (χ0v) is 11.3. The summed E-state index contributed by atoms with van der Waals surface area (Å²) in [5.74, 6) is 0.803. The molecule has 0 amide bonds. The number of hydrogen-bond donors (Lipinski definition) is 1. The fraction of sp³-hybridized carbons (Fsp3) is 0.143. The second-order valence-corrected chi connectivity index (χ2v) is 4.61. The van der Waals surface area contributed by atoms with E-state index in [-0.39, 0.29) is 0 Å². The van der Waals surface area contributed by atoms with Gasteiger partial charge in [0, 0.05) is 12.4 Å². The van der Waals surface area contributed by atoms with E-state index in [1.165, 1.54) is 0 Å². The van der Waals surface area contributed by atoms with Crippen molar-refractivity contribution in [2.24, 2.45) is 0 Å². The maximum absolute atomic E-state index is 5.40. The molecular formula is C14H13N3OS. The van der Waals surface area contributed by atoms with Gasteiger partial charge in [-0.15, -0.1) is 0 Å². The molecule has 0 spiro atoms. The van der Waals surface area contributed by atoms with Crippen LogP contribution < -0.4 is 4.74 Å². The van der Waals surface area contributed by atoms with Gasteiger partial charge >= 0.3 is 0 Å². The van der Waals surface area contributed by atoms with Gasteiger partial charge in [-0.3, -0.25) is 4.98 Å². The van der Waals surface area contributed by atoms with Crippen LogP contribution in [-0.4, -0.2) is 21.6 Å². The van der Waals surface area contributed by atoms with Crippen LogP contribution in [0.2, 0.25) is 0 Å². The lowest BCUT2D eigenvalue weighted by molar-refractivity contribution is 0.419. The van der Waals surface area contributed by atoms with Crippen LogP contribution in [0.25, 0.3) is 11.0 Å². The van der Waals surface area contributed by atoms with E-state index in [0.29, 0.717) is 11.3 Å². The average molecular weight is 271 g/mol. The minimum absolute atomic E-state index is 0.691. The molecule has 2 heterocycles. The molecule has 1 aromatic carbocycles. The molecule has 3 aromatic rings. The second-order valence-electron chi connectivity index (χ2n) is 4.23. The van der Waals surface area contributed by atoms with Gasteiger partial charge in [0.15, 0.2) is 4.77 Å². The number of imidazole rings is 1. The number of fused-ring (bicyclic) bond motifs is 1. The molecular weight excluding hydrogens is 258 g/mol. The van der Waals surface area contributed by atoms with Crippen LogP contribution in [0.3, 0.4) is 0 Å². The van der Waals surface area contributed by atoms with Gasteiger partial charge < -0.3 is 14.3 Å². The number of H-pyrrole nitrogens is 1. The first kappa shape index (κ1) is 11.9. The first-order chi connectivity index (χ1) is 9.29. The third kappa shape index (κ3) is 2.13. The fourth-order valence-electron chi connectivity index (χ4n) is 2.15. The number of hydrogen-bond acceptors (Lipinski definition) is 3. The van der Waals surface area contributed by atoms with E-state index in [0.717, 1.165) is 22.3 Å². The molecule has 0 radical (unpaired) electrons. The number of nitrogens with zero attached hydrogens (tertiary/aromatic N) is 2. The van der Waals surface area contributed by atoms with Crippen LogP contribution in [0.4, 0.5) is 0 Å². The zero-order valence-electron chi connectivity index (χ0n) is 10.5. The van der Waals surface area contributed by atoms with E-state index in [4.69, 9.17) is 17.0 Å². The molecule has 4 nitrogen and oxygen atoms in total. The summed E-state index contributed by atoms with van der Waals surface area (Å²) in [7, 11) is 1.66. The molecule has 0 aliphatic heterocycles. The number of methoxy groups -OCH3 is 1. The highest BCUT2D eigenvalue weighted by Gasteiger charge is 2.08. The Bertz CT molecular complexity index is 761. The number of rotatable bonds is 3. The average Bonchev–Trinajstić information content (AvgIpc) is 2.76. The fourth-order valence-corrected chi connectivity index (χ4v) is 2.42. The normalized spacial score (nSPS) is 10.8. The largest absolute Gasteiger partial charge is 0.494 e. The molecule has 2 aromatic heterocycles. The molecule has 96 valence electrons. The van der Waals surface area contributed by atoms with Crippen molar-refractivity contribution < 1.29 is 4.74 Å². The lowest BCUT2D eigenvalue weighted by atomic mass is 10.2. The minimum atomic E-state index is 0.691. The third-order valence-corrected chi connectivity index (χ3v) is 3.40. The molecule has 1 N–H and O–H groups in total. The Morgan fingerprint density at radius 2 is 2.05 bits per heavy atom. The van der Waals surface area contributed by atoms with Crippen molar-refractivity contribution in [3.8, 4) is 5.75 Å². The summed E-state index contributed by atoms with van der Waals surface area (Å²) >= 11 is 5.40. The Morgan fingerprint density at radius 1 is 1.26 bits per heavy atom. The van der Waals surface area contributed by atoms with Crippen LogP contribution >= 0.6 is 12.2 Å². The molecule has 0 aliphatic rings. The number of para-hydroxylation sites is 1. The number of benzene rings is 1. The van der Waals surface area contributed by atoms with Crippen molar-refractivity contribution in [1.29, 1.82) is 0 Å². The highest BCUT2D eigenvalue weighted by atomic mass is 32.1. The summed E-state index contributed by atoms with van der Waals surface area (Å²) in [6.45, 7) is 0.717. The molecule has 0 atom stereocenters. The topological polar surface area (TPSA) is 42.8 Å². The number of aromatic nitrogens is 3. The molecule has 19 heavy (non-hydrogen) atoms. The van der Waals surface area contributed by atoms with E-state index in [1.807, 2.05) is 30.3 Å². The number of aromatic amines is 1. The number of nitrogens with one attached hydrogen (secondary N) is 1. The Balaban J connectivity index is 2.14. The highest BCUT2D eigenvalue weighted by Crippen LogP contribution is 2.25. The predicted octanol–water partition coefficient (Wildman–Crippen LogP) is 3.15. The standard InChI is InChI=1S/C14H13N3OS/c1-18-12-4-2-3-11-13(12)16-14(19)17(11)9-10-5-7-15-8-6-10/h2-8H,9H2,1H3,(H,16,19). The number of pyridine rings is 1. The Morgan fingerprint density at radius 3 is 2.79 bits per heavy atom. The van der Waals surface area contributed by atoms with Crippen molar-refractivity contribution in [3.63, 3.8) is 0 Å². The summed E-state index contributed by atoms with van der Waals surface area (Å²) in [6.07, 6.45) is 3.57. The van der Waals surface area contributed by atoms with Gasteiger partial charge in [-0.1, -0.05) is 6.07 Å². The molecule has 0 saturated carbocycles. The van der Waals surface area contributed by atoms with Crippen molar-refractivity contribution in [3.05, 3.63) is 53.1 Å². The lowest BCUT2D eigenvalue weighted by Crippen LogP contribution is -1.99. The summed E-state index contributed by atoms with van der Waals surface area (Å²) in [4.78, 5) is 7.23. The Hall–Kier alpha value is -2.14. The number of ether oxygens (including phenoxy) is 1. The highest BCUT2D eigenvalue weighted by molar-refractivity contribution is 7.71. The molecule has 0 bridgehead atoms. The van der Waals surface area contributed by atoms with Crippen LogP contribution in [-0.2, 0) is 6.54 Å². The zero-order chi connectivity index (χ0) is 13.2. The second kappa shape index (κ2) is 4.85. The summed E-state index contributed by atoms with van der Waals surface area (Å²) in [6, 6.07) is 9.89. The van der Waals surface area contributed by atoms with E-state index < -0.39 is 0 Å². The Labute approximate surface area is 115 Å². The van der Waals surface area contributed by atoms with E-state index in [1.54, 1.807) is 19.5 Å². The maximum Gasteiger partial charge on any atom is 0.178 e. The van der Waals surface area contributed by atoms with Crippen LogP contribution in [0, 0.1) is 4.77 Å². The molecule has 0 aliphatic carbocycles. The SMILES string of the molecule is COc1cccc2c1[nH]c(=S)n2Cc1ccncc1. The van der Waals surface area contributed by atoms with Gasteiger partial charge in [-0.2, -0.15) is 0 Å². The van der Waals surface area contributed by atoms with Crippen molar-refractivity contribution in [1.82, 2.24) is 14.5 Å². The quantitative estimate of drug-likeness (QED) is 0.744. The van der Waals surface area contributed by atoms with Crippen LogP contribution in [0.15, 0.2) is 42.7 Å². The lowest BCUT2D eigenvalue weighted by Gasteiger charge is -2.05. The monoisotopic (exact) mass is 271 g/mol. The summed E-state index contributed by atoms with van der Waals surface area (Å²) < 4.78 is 8.09. The molecule has 0 fully saturated rings. The van der Waals surface area contributed by atoms with Crippen LogP contribution in [0.1, 0.15) is 5.56 Å². The van der Waals surface area contributed by atoms with Gasteiger partial charge in [-0.05, 0) is 42.0 Å². The van der Waals surface area contributed by atoms with Crippen LogP contribution in [0.5, 0.6) is 5.75 Å². The van der Waals surface area contributed by atoms with E-state index >= 15 is 0 Å². The van der Waals surface area contributed by atoms with Gasteiger partial charge in [0.2, 0.25) is 0 Å². The summed E-state index contributed by atoms with van der Waals surface area (Å²) in [5, 5.41) is 0. The molecule has 3 rings (SSSR count). The van der Waals surface area contributed by atoms with Gasteiger partial charge in [0.1, 0.15) is 11.3 Å². The first-order valence-corrected chi connectivity index (χ1v) is 6.35. The molecule has 5 heteroatoms. The third-order valence-electron chi connectivity index (χ3n) is 3.08. The van der Waals surface area contributed by atoms with E-state index in [2.05, 4.69) is 14.5 Å². The minimum Gasteiger partial charge on any atom is -0.494 e. The van der Waals surface area contributed by atoms with Gasteiger partial charge in [0.05, 0.1) is 19.2 Å². The maximum atomic E-state index is 5.40. The van der Waals surface area contributed by atoms with Crippen molar-refractivity contribution >= 4 is 23.3 Å². The van der Waals surface area contributed by atoms with Gasteiger partial charge in [-0.25, -0.2) is 0 Å². The smallest absolute Gasteiger partial charge is 0.178 e. The summed E-state index contributed by atoms with van der Waals surface area (Å²) in [5.41, 5.74) is 3.14. The van der Waals surface area contributed by atoms with Gasteiger partial charge in [0.25, 0.3) is 0 Å². The van der Waals surface area contributed by atoms with Crippen molar-refractivity contribution in [2.75, 3.05) is 7.11 Å². The van der Waals surface area contributed by atoms with E-state index in [9.17, 15) is 0 Å². The molecule has 0 saturated heterocycles. The predicted molar refractivity (Wildman–Crippen MR) is 77.0 cm³/mol. The van der Waals surface area contributed by atoms with Crippen molar-refractivity contribution in [2.45, 2.75) is 6.54 Å². The Kier molecular flexibility index (Phi) is 3.05. The molecule has 0 unspecified atom stereocenters.